The van der Waals surface area contributed by atoms with Crippen LogP contribution in [0.4, 0.5) is 0 Å². The van der Waals surface area contributed by atoms with E-state index in [2.05, 4.69) is 22.2 Å². The number of hydrogen-bond acceptors (Lipinski definition) is 5. The van der Waals surface area contributed by atoms with Crippen LogP contribution in [0.1, 0.15) is 6.92 Å². The van der Waals surface area contributed by atoms with Crippen LogP contribution in [0.5, 0.6) is 0 Å². The molecule has 0 saturated heterocycles. The summed E-state index contributed by atoms with van der Waals surface area (Å²) in [7, 11) is -3.00. The first kappa shape index (κ1) is 12.0. The van der Waals surface area contributed by atoms with Gasteiger partial charge < -0.3 is 10.6 Å². The van der Waals surface area contributed by atoms with Crippen molar-refractivity contribution in [2.75, 3.05) is 24.6 Å². The first-order chi connectivity index (χ1) is 7.03. The topological polar surface area (TPSA) is 70.6 Å². The number of guanidine groups is 1. The quantitative estimate of drug-likeness (QED) is 0.627. The van der Waals surface area contributed by atoms with Gasteiger partial charge in [0, 0.05) is 12.6 Å². The maximum Gasteiger partial charge on any atom is 0.191 e. The molecule has 0 aromatic heterocycles. The van der Waals surface area contributed by atoms with Crippen molar-refractivity contribution in [2.24, 2.45) is 4.99 Å². The molecule has 1 unspecified atom stereocenters. The highest BCUT2D eigenvalue weighted by Crippen LogP contribution is 1.93. The van der Waals surface area contributed by atoms with E-state index in [-0.39, 0.29) is 11.5 Å². The van der Waals surface area contributed by atoms with Gasteiger partial charge >= 0.3 is 0 Å². The number of rotatable bonds is 5. The number of hydrogen-bond donors (Lipinski definition) is 2. The third-order valence-electron chi connectivity index (χ3n) is 1.98. The van der Waals surface area contributed by atoms with E-state index in [0.29, 0.717) is 18.5 Å². The zero-order chi connectivity index (χ0) is 11.3. The molecule has 1 rings (SSSR count). The lowest BCUT2D eigenvalue weighted by Gasteiger charge is -2.08. The Labute approximate surface area is 90.6 Å². The number of nitrogens with zero attached hydrogens (tertiary/aromatic N) is 1. The fraction of sp³-hybridized carbons (Fsp3) is 0.667. The lowest BCUT2D eigenvalue weighted by atomic mass is 10.4. The van der Waals surface area contributed by atoms with Crippen molar-refractivity contribution >= 4 is 15.8 Å². The summed E-state index contributed by atoms with van der Waals surface area (Å²) in [6, 6.07) is 0.331. The smallest absolute Gasteiger partial charge is 0.191 e. The van der Waals surface area contributed by atoms with Crippen molar-refractivity contribution in [3.8, 4) is 0 Å². The Balaban J connectivity index is 2.25. The minimum atomic E-state index is -3.00. The van der Waals surface area contributed by atoms with Crippen LogP contribution in [0.15, 0.2) is 17.6 Å². The summed E-state index contributed by atoms with van der Waals surface area (Å²) in [6.45, 7) is 6.55. The summed E-state index contributed by atoms with van der Waals surface area (Å²) in [6.07, 6.45) is 1.41. The monoisotopic (exact) mass is 231 g/mol. The predicted octanol–water partition coefficient (Wildman–Crippen LogP) is -0.475. The van der Waals surface area contributed by atoms with Crippen molar-refractivity contribution < 1.29 is 8.42 Å². The molecular formula is C9H17N3O2S. The number of aliphatic imine (C=N–C) groups is 1. The summed E-state index contributed by atoms with van der Waals surface area (Å²) in [4.78, 5) is 4.16. The fourth-order valence-corrected chi connectivity index (χ4v) is 2.19. The van der Waals surface area contributed by atoms with E-state index >= 15 is 0 Å². The molecule has 0 spiro atoms. The third kappa shape index (κ3) is 4.33. The van der Waals surface area contributed by atoms with E-state index in [1.807, 2.05) is 6.92 Å². The summed E-state index contributed by atoms with van der Waals surface area (Å²) in [5, 5.41) is 6.05. The lowest BCUT2D eigenvalue weighted by Crippen LogP contribution is -2.39. The SMILES string of the molecule is C=CCS(=O)(=O)CCNC1=NCC(C)N1. The van der Waals surface area contributed by atoms with Crippen LogP contribution in [0.2, 0.25) is 0 Å². The molecule has 5 nitrogen and oxygen atoms in total. The van der Waals surface area contributed by atoms with Crippen molar-refractivity contribution in [2.45, 2.75) is 13.0 Å². The molecule has 0 radical (unpaired) electrons. The molecule has 0 fully saturated rings. The minimum Gasteiger partial charge on any atom is -0.355 e. The van der Waals surface area contributed by atoms with E-state index in [9.17, 15) is 8.42 Å². The molecule has 86 valence electrons. The second-order valence-corrected chi connectivity index (χ2v) is 5.79. The van der Waals surface area contributed by atoms with Gasteiger partial charge in [-0.15, -0.1) is 6.58 Å². The van der Waals surface area contributed by atoms with Crippen molar-refractivity contribution in [1.29, 1.82) is 0 Å². The minimum absolute atomic E-state index is 0.0327. The summed E-state index contributed by atoms with van der Waals surface area (Å²) in [5.74, 6) is 0.829. The van der Waals surface area contributed by atoms with Gasteiger partial charge in [-0.05, 0) is 6.92 Å². The maximum absolute atomic E-state index is 11.3. The van der Waals surface area contributed by atoms with Crippen LogP contribution in [-0.4, -0.2) is 45.0 Å². The average molecular weight is 231 g/mol. The molecule has 6 heteroatoms. The maximum atomic E-state index is 11.3. The van der Waals surface area contributed by atoms with Crippen LogP contribution in [0.3, 0.4) is 0 Å². The first-order valence-electron chi connectivity index (χ1n) is 4.89. The Kier molecular flexibility index (Phi) is 4.14. The van der Waals surface area contributed by atoms with Gasteiger partial charge in [0.1, 0.15) is 0 Å². The Morgan fingerprint density at radius 3 is 3.00 bits per heavy atom. The van der Waals surface area contributed by atoms with E-state index in [4.69, 9.17) is 0 Å². The molecule has 0 bridgehead atoms. The predicted molar refractivity (Wildman–Crippen MR) is 61.8 cm³/mol. The van der Waals surface area contributed by atoms with Gasteiger partial charge in [-0.3, -0.25) is 4.99 Å². The Bertz CT molecular complexity index is 348. The summed E-state index contributed by atoms with van der Waals surface area (Å²) >= 11 is 0. The van der Waals surface area contributed by atoms with E-state index < -0.39 is 9.84 Å². The molecule has 15 heavy (non-hydrogen) atoms. The molecule has 0 aromatic carbocycles. The molecule has 0 aromatic rings. The van der Waals surface area contributed by atoms with Crippen molar-refractivity contribution in [3.63, 3.8) is 0 Å². The molecule has 1 heterocycles. The molecule has 1 aliphatic heterocycles. The van der Waals surface area contributed by atoms with Crippen LogP contribution in [-0.2, 0) is 9.84 Å². The largest absolute Gasteiger partial charge is 0.355 e. The highest BCUT2D eigenvalue weighted by Gasteiger charge is 2.13. The van der Waals surface area contributed by atoms with Crippen LogP contribution >= 0.6 is 0 Å². The number of sulfone groups is 1. The average Bonchev–Trinajstić information content (AvgIpc) is 2.51. The van der Waals surface area contributed by atoms with Gasteiger partial charge in [-0.2, -0.15) is 0 Å². The van der Waals surface area contributed by atoms with Crippen LogP contribution in [0.25, 0.3) is 0 Å². The van der Waals surface area contributed by atoms with Gasteiger partial charge in [0.15, 0.2) is 15.8 Å². The molecule has 0 aliphatic carbocycles. The first-order valence-corrected chi connectivity index (χ1v) is 6.72. The summed E-state index contributed by atoms with van der Waals surface area (Å²) in [5.41, 5.74) is 0. The summed E-state index contributed by atoms with van der Waals surface area (Å²) < 4.78 is 22.6. The van der Waals surface area contributed by atoms with Gasteiger partial charge in [0.2, 0.25) is 0 Å². The molecule has 0 amide bonds. The Morgan fingerprint density at radius 1 is 1.73 bits per heavy atom. The van der Waals surface area contributed by atoms with Crippen molar-refractivity contribution in [1.82, 2.24) is 10.6 Å². The normalized spacial score (nSPS) is 20.6. The Morgan fingerprint density at radius 2 is 2.47 bits per heavy atom. The number of nitrogens with one attached hydrogen (secondary N) is 2. The molecule has 1 atom stereocenters. The van der Waals surface area contributed by atoms with E-state index in [1.165, 1.54) is 6.08 Å². The van der Waals surface area contributed by atoms with Gasteiger partial charge in [-0.1, -0.05) is 6.08 Å². The van der Waals surface area contributed by atoms with E-state index in [0.717, 1.165) is 6.54 Å². The van der Waals surface area contributed by atoms with Crippen molar-refractivity contribution in [3.05, 3.63) is 12.7 Å². The molecule has 0 saturated carbocycles. The molecular weight excluding hydrogens is 214 g/mol. The van der Waals surface area contributed by atoms with Gasteiger partial charge in [0.05, 0.1) is 18.1 Å². The molecule has 1 aliphatic rings. The van der Waals surface area contributed by atoms with Crippen LogP contribution < -0.4 is 10.6 Å². The Hall–Kier alpha value is -1.04. The highest BCUT2D eigenvalue weighted by atomic mass is 32.2. The van der Waals surface area contributed by atoms with Gasteiger partial charge in [0.25, 0.3) is 0 Å². The van der Waals surface area contributed by atoms with E-state index in [1.54, 1.807) is 0 Å². The zero-order valence-corrected chi connectivity index (χ0v) is 9.68. The standard InChI is InChI=1S/C9H17N3O2S/c1-3-5-15(13,14)6-4-10-9-11-7-8(2)12-9/h3,8H,1,4-7H2,2H3,(H2,10,11,12). The highest BCUT2D eigenvalue weighted by molar-refractivity contribution is 7.91. The zero-order valence-electron chi connectivity index (χ0n) is 8.86. The van der Waals surface area contributed by atoms with Gasteiger partial charge in [-0.25, -0.2) is 8.42 Å². The third-order valence-corrected chi connectivity index (χ3v) is 3.55. The lowest BCUT2D eigenvalue weighted by molar-refractivity contribution is 0.597. The second kappa shape index (κ2) is 5.16. The van der Waals surface area contributed by atoms with Crippen LogP contribution in [0, 0.1) is 0 Å². The molecule has 2 N–H and O–H groups in total. The second-order valence-electron chi connectivity index (χ2n) is 3.56. The fourth-order valence-electron chi connectivity index (χ4n) is 1.25.